The SMILES string of the molecule is CCCSCC(C)(O)c1cc2cc(OON)c(C(F)(F)F)cc2[nH]1. The van der Waals surface area contributed by atoms with E-state index < -0.39 is 23.1 Å². The fraction of sp³-hybridized carbons (Fsp3) is 0.467. The Labute approximate surface area is 141 Å². The molecule has 0 aliphatic rings. The molecule has 2 aromatic rings. The molecule has 134 valence electrons. The van der Waals surface area contributed by atoms with Gasteiger partial charge in [0, 0.05) is 22.3 Å². The Kier molecular flexibility index (Phi) is 5.69. The maximum Gasteiger partial charge on any atom is 0.420 e. The molecule has 4 N–H and O–H groups in total. The molecule has 1 unspecified atom stereocenters. The lowest BCUT2D eigenvalue weighted by molar-refractivity contribution is -0.217. The van der Waals surface area contributed by atoms with Gasteiger partial charge < -0.3 is 15.0 Å². The number of H-pyrrole nitrogens is 1. The molecule has 2 rings (SSSR count). The van der Waals surface area contributed by atoms with Crippen molar-refractivity contribution in [1.29, 1.82) is 0 Å². The van der Waals surface area contributed by atoms with Crippen LogP contribution in [0.15, 0.2) is 18.2 Å². The second-order valence-corrected chi connectivity index (χ2v) is 6.73. The molecule has 0 fully saturated rings. The largest absolute Gasteiger partial charge is 0.420 e. The van der Waals surface area contributed by atoms with Crippen molar-refractivity contribution < 1.29 is 28.2 Å². The van der Waals surface area contributed by atoms with Gasteiger partial charge in [-0.3, -0.25) is 0 Å². The minimum atomic E-state index is -4.63. The first-order valence-corrected chi connectivity index (χ1v) is 8.42. The van der Waals surface area contributed by atoms with Crippen molar-refractivity contribution in [3.05, 3.63) is 29.5 Å². The fourth-order valence-electron chi connectivity index (χ4n) is 2.29. The standard InChI is InChI=1S/C15H19F3N2O3S/c1-3-4-24-8-14(2,21)13-6-9-5-12(22-23-19)10(15(16,17)18)7-11(9)20-13/h5-7,20-21H,3-4,8,19H2,1-2H3. The molecule has 9 heteroatoms. The van der Waals surface area contributed by atoms with E-state index in [2.05, 4.69) is 14.9 Å². The summed E-state index contributed by atoms with van der Waals surface area (Å²) >= 11 is 1.57. The number of aromatic amines is 1. The Balaban J connectivity index is 2.43. The molecule has 0 saturated heterocycles. The van der Waals surface area contributed by atoms with Crippen molar-refractivity contribution in [3.8, 4) is 5.75 Å². The van der Waals surface area contributed by atoms with Crippen molar-refractivity contribution in [2.45, 2.75) is 32.0 Å². The number of thioether (sulfide) groups is 1. The molecular weight excluding hydrogens is 345 g/mol. The van der Waals surface area contributed by atoms with Crippen LogP contribution in [0.4, 0.5) is 13.2 Å². The summed E-state index contributed by atoms with van der Waals surface area (Å²) in [6.07, 6.45) is -3.66. The molecule has 1 aromatic carbocycles. The number of nitrogens with one attached hydrogen (secondary N) is 1. The van der Waals surface area contributed by atoms with Crippen LogP contribution >= 0.6 is 11.8 Å². The monoisotopic (exact) mass is 364 g/mol. The van der Waals surface area contributed by atoms with Gasteiger partial charge in [-0.05, 0) is 37.3 Å². The van der Waals surface area contributed by atoms with E-state index in [4.69, 9.17) is 5.90 Å². The Bertz CT molecular complexity index is 701. The van der Waals surface area contributed by atoms with Crippen LogP contribution in [0.5, 0.6) is 5.75 Å². The number of rotatable bonds is 7. The maximum atomic E-state index is 13.1. The average Bonchev–Trinajstić information content (AvgIpc) is 2.90. The van der Waals surface area contributed by atoms with Crippen LogP contribution in [0.1, 0.15) is 31.5 Å². The molecule has 0 saturated carbocycles. The molecule has 1 atom stereocenters. The summed E-state index contributed by atoms with van der Waals surface area (Å²) in [5.41, 5.74) is -1.54. The van der Waals surface area contributed by atoms with E-state index in [1.165, 1.54) is 6.07 Å². The minimum Gasteiger partial charge on any atom is -0.383 e. The van der Waals surface area contributed by atoms with E-state index in [1.807, 2.05) is 6.92 Å². The molecule has 1 heterocycles. The van der Waals surface area contributed by atoms with Crippen molar-refractivity contribution in [1.82, 2.24) is 4.98 Å². The van der Waals surface area contributed by atoms with Crippen LogP contribution in [-0.4, -0.2) is 21.6 Å². The van der Waals surface area contributed by atoms with Gasteiger partial charge in [0.1, 0.15) is 11.2 Å². The molecule has 0 amide bonds. The number of fused-ring (bicyclic) bond motifs is 1. The molecule has 0 bridgehead atoms. The number of alkyl halides is 3. The summed E-state index contributed by atoms with van der Waals surface area (Å²) in [5.74, 6) is 5.50. The van der Waals surface area contributed by atoms with Crippen LogP contribution in [0.2, 0.25) is 0 Å². The highest BCUT2D eigenvalue weighted by Gasteiger charge is 2.36. The van der Waals surface area contributed by atoms with Gasteiger partial charge in [0.2, 0.25) is 0 Å². The molecule has 24 heavy (non-hydrogen) atoms. The number of halogens is 3. The Morgan fingerprint density at radius 2 is 2.00 bits per heavy atom. The summed E-state index contributed by atoms with van der Waals surface area (Å²) in [4.78, 5) is 11.2. The van der Waals surface area contributed by atoms with E-state index in [1.54, 1.807) is 24.8 Å². The lowest BCUT2D eigenvalue weighted by atomic mass is 10.1. The number of aliphatic hydroxyl groups is 1. The van der Waals surface area contributed by atoms with Gasteiger partial charge in [0.25, 0.3) is 0 Å². The van der Waals surface area contributed by atoms with Gasteiger partial charge in [-0.15, -0.1) is 0 Å². The van der Waals surface area contributed by atoms with E-state index in [0.717, 1.165) is 18.2 Å². The average molecular weight is 364 g/mol. The highest BCUT2D eigenvalue weighted by molar-refractivity contribution is 7.99. The first kappa shape index (κ1) is 18.9. The van der Waals surface area contributed by atoms with E-state index in [9.17, 15) is 18.3 Å². The highest BCUT2D eigenvalue weighted by Crippen LogP contribution is 2.39. The zero-order valence-corrected chi connectivity index (χ0v) is 14.1. The molecule has 5 nitrogen and oxygen atoms in total. The molecule has 0 aliphatic carbocycles. The van der Waals surface area contributed by atoms with Crippen molar-refractivity contribution in [2.24, 2.45) is 5.90 Å². The van der Waals surface area contributed by atoms with Crippen LogP contribution in [-0.2, 0) is 16.8 Å². The third-order valence-electron chi connectivity index (χ3n) is 3.48. The normalized spacial score (nSPS) is 14.8. The summed E-state index contributed by atoms with van der Waals surface area (Å²) < 4.78 is 39.3. The lowest BCUT2D eigenvalue weighted by Crippen LogP contribution is -2.24. The van der Waals surface area contributed by atoms with Crippen LogP contribution in [0, 0.1) is 0 Å². The van der Waals surface area contributed by atoms with Gasteiger partial charge >= 0.3 is 6.18 Å². The second-order valence-electron chi connectivity index (χ2n) is 5.62. The summed E-state index contributed by atoms with van der Waals surface area (Å²) in [7, 11) is 0. The highest BCUT2D eigenvalue weighted by atomic mass is 32.2. The molecule has 0 spiro atoms. The number of benzene rings is 1. The predicted molar refractivity (Wildman–Crippen MR) is 86.4 cm³/mol. The maximum absolute atomic E-state index is 13.1. The van der Waals surface area contributed by atoms with Gasteiger partial charge in [0.15, 0.2) is 5.75 Å². The molecule has 0 radical (unpaired) electrons. The predicted octanol–water partition coefficient (Wildman–Crippen LogP) is 3.72. The van der Waals surface area contributed by atoms with Crippen LogP contribution < -0.4 is 10.8 Å². The van der Waals surface area contributed by atoms with Gasteiger partial charge in [-0.1, -0.05) is 11.9 Å². The van der Waals surface area contributed by atoms with Crippen molar-refractivity contribution in [3.63, 3.8) is 0 Å². The Hall–Kier alpha value is -1.42. The zero-order chi connectivity index (χ0) is 18.0. The summed E-state index contributed by atoms with van der Waals surface area (Å²) in [6, 6.07) is 3.66. The summed E-state index contributed by atoms with van der Waals surface area (Å²) in [6.45, 7) is 3.65. The number of hydrogen-bond donors (Lipinski definition) is 3. The van der Waals surface area contributed by atoms with Crippen molar-refractivity contribution in [2.75, 3.05) is 11.5 Å². The van der Waals surface area contributed by atoms with Crippen LogP contribution in [0.25, 0.3) is 10.9 Å². The van der Waals surface area contributed by atoms with Crippen LogP contribution in [0.3, 0.4) is 0 Å². The number of hydrogen-bond acceptors (Lipinski definition) is 5. The smallest absolute Gasteiger partial charge is 0.383 e. The Morgan fingerprint density at radius 1 is 1.29 bits per heavy atom. The summed E-state index contributed by atoms with van der Waals surface area (Å²) in [5, 5.41) is 11.0. The first-order chi connectivity index (χ1) is 11.2. The quantitative estimate of drug-likeness (QED) is 0.396. The van der Waals surface area contributed by atoms with Gasteiger partial charge in [0.05, 0.1) is 0 Å². The first-order valence-electron chi connectivity index (χ1n) is 7.27. The van der Waals surface area contributed by atoms with Gasteiger partial charge in [-0.25, -0.2) is 0 Å². The lowest BCUT2D eigenvalue weighted by Gasteiger charge is -2.21. The molecule has 0 aliphatic heterocycles. The topological polar surface area (TPSA) is 80.5 Å². The molecule has 1 aromatic heterocycles. The fourth-order valence-corrected chi connectivity index (χ4v) is 3.27. The molecular formula is C15H19F3N2O3S. The van der Waals surface area contributed by atoms with E-state index in [-0.39, 0.29) is 5.52 Å². The van der Waals surface area contributed by atoms with Gasteiger partial charge in [-0.2, -0.15) is 30.8 Å². The van der Waals surface area contributed by atoms with E-state index in [0.29, 0.717) is 16.8 Å². The minimum absolute atomic E-state index is 0.238. The van der Waals surface area contributed by atoms with E-state index >= 15 is 0 Å². The Morgan fingerprint density at radius 3 is 2.58 bits per heavy atom. The third kappa shape index (κ3) is 4.15. The third-order valence-corrected chi connectivity index (χ3v) is 4.94. The second kappa shape index (κ2) is 7.22. The zero-order valence-electron chi connectivity index (χ0n) is 13.2. The number of aromatic nitrogens is 1. The number of nitrogens with two attached hydrogens (primary N) is 1. The van der Waals surface area contributed by atoms with Crippen molar-refractivity contribution >= 4 is 22.7 Å².